The molecule has 0 spiro atoms. The van der Waals surface area contributed by atoms with Crippen LogP contribution < -0.4 is 15.4 Å². The van der Waals surface area contributed by atoms with Gasteiger partial charge in [0.15, 0.2) is 6.61 Å². The average Bonchev–Trinajstić information content (AvgIpc) is 2.62. The van der Waals surface area contributed by atoms with Crippen LogP contribution in [0.2, 0.25) is 15.1 Å². The van der Waals surface area contributed by atoms with Crippen molar-refractivity contribution in [1.82, 2.24) is 10.6 Å². The quantitative estimate of drug-likeness (QED) is 0.674. The highest BCUT2D eigenvalue weighted by molar-refractivity contribution is 6.42. The molecule has 8 heteroatoms. The summed E-state index contributed by atoms with van der Waals surface area (Å²) in [6, 6.07) is 10.1. The van der Waals surface area contributed by atoms with E-state index < -0.39 is 0 Å². The topological polar surface area (TPSA) is 67.4 Å². The number of nitrogens with one attached hydrogen (secondary N) is 2. The first-order valence-corrected chi connectivity index (χ1v) is 10.3. The van der Waals surface area contributed by atoms with Crippen molar-refractivity contribution in [1.29, 1.82) is 0 Å². The van der Waals surface area contributed by atoms with Crippen LogP contribution in [0.4, 0.5) is 0 Å². The van der Waals surface area contributed by atoms with Crippen LogP contribution in [0.3, 0.4) is 0 Å². The molecule has 2 amide bonds. The highest BCUT2D eigenvalue weighted by Gasteiger charge is 2.69. The monoisotopic (exact) mass is 452 g/mol. The zero-order valence-corrected chi connectivity index (χ0v) is 17.9. The number of halogens is 3. The number of carbonyl (C=O) groups is 2. The molecule has 29 heavy (non-hydrogen) atoms. The number of benzene rings is 2. The van der Waals surface area contributed by atoms with Gasteiger partial charge in [-0.3, -0.25) is 9.59 Å². The van der Waals surface area contributed by atoms with Crippen LogP contribution in [0.15, 0.2) is 36.4 Å². The van der Waals surface area contributed by atoms with Gasteiger partial charge < -0.3 is 15.4 Å². The van der Waals surface area contributed by atoms with E-state index in [0.717, 1.165) is 24.8 Å². The molecule has 0 atom stereocenters. The molecule has 0 radical (unpaired) electrons. The van der Waals surface area contributed by atoms with Crippen molar-refractivity contribution in [2.24, 2.45) is 0 Å². The fourth-order valence-electron chi connectivity index (χ4n) is 4.20. The predicted octanol–water partition coefficient (Wildman–Crippen LogP) is 4.56. The number of ether oxygens (including phenoxy) is 1. The van der Waals surface area contributed by atoms with Gasteiger partial charge in [-0.15, -0.1) is 0 Å². The molecule has 2 aromatic carbocycles. The van der Waals surface area contributed by atoms with Gasteiger partial charge in [-0.2, -0.15) is 0 Å². The summed E-state index contributed by atoms with van der Waals surface area (Å²) >= 11 is 17.8. The van der Waals surface area contributed by atoms with Crippen molar-refractivity contribution in [3.8, 4) is 5.75 Å². The fourth-order valence-corrected chi connectivity index (χ4v) is 4.61. The molecule has 0 aromatic heterocycles. The molecule has 0 heterocycles. The smallest absolute Gasteiger partial charge is 0.258 e. The maximum Gasteiger partial charge on any atom is 0.258 e. The van der Waals surface area contributed by atoms with Gasteiger partial charge in [0, 0.05) is 27.7 Å². The minimum absolute atomic E-state index is 0.108. The minimum Gasteiger partial charge on any atom is -0.484 e. The molecule has 3 aliphatic rings. The highest BCUT2D eigenvalue weighted by atomic mass is 35.5. The Kier molecular flexibility index (Phi) is 5.18. The largest absolute Gasteiger partial charge is 0.484 e. The molecule has 3 saturated carbocycles. The molecule has 5 nitrogen and oxygen atoms in total. The van der Waals surface area contributed by atoms with Gasteiger partial charge >= 0.3 is 0 Å². The zero-order chi connectivity index (χ0) is 20.8. The Balaban J connectivity index is 1.25. The van der Waals surface area contributed by atoms with Gasteiger partial charge in [0.05, 0.1) is 10.0 Å². The lowest BCUT2D eigenvalue weighted by Crippen LogP contribution is -2.84. The molecule has 3 aliphatic carbocycles. The summed E-state index contributed by atoms with van der Waals surface area (Å²) in [6.07, 6.45) is 2.16. The Bertz CT molecular complexity index is 989. The van der Waals surface area contributed by atoms with Crippen LogP contribution in [0, 0.1) is 6.92 Å². The van der Waals surface area contributed by atoms with E-state index in [2.05, 4.69) is 10.6 Å². The van der Waals surface area contributed by atoms with E-state index in [1.54, 1.807) is 36.4 Å². The van der Waals surface area contributed by atoms with Crippen molar-refractivity contribution in [2.75, 3.05) is 6.61 Å². The average molecular weight is 454 g/mol. The molecular weight excluding hydrogens is 435 g/mol. The van der Waals surface area contributed by atoms with Crippen LogP contribution in [-0.4, -0.2) is 29.5 Å². The van der Waals surface area contributed by atoms with E-state index in [1.807, 2.05) is 6.92 Å². The van der Waals surface area contributed by atoms with E-state index in [1.165, 1.54) is 0 Å². The van der Waals surface area contributed by atoms with Gasteiger partial charge in [0.25, 0.3) is 11.8 Å². The van der Waals surface area contributed by atoms with Crippen LogP contribution in [-0.2, 0) is 4.79 Å². The lowest BCUT2D eigenvalue weighted by atomic mass is 9.44. The van der Waals surface area contributed by atoms with Crippen LogP contribution in [0.5, 0.6) is 5.75 Å². The first-order valence-electron chi connectivity index (χ1n) is 9.17. The first-order chi connectivity index (χ1) is 13.7. The molecule has 0 aliphatic heterocycles. The second kappa shape index (κ2) is 7.38. The molecule has 152 valence electrons. The Morgan fingerprint density at radius 3 is 2.24 bits per heavy atom. The molecule has 2 bridgehead atoms. The molecule has 0 unspecified atom stereocenters. The SMILES string of the molecule is Cc1cc(C(=O)NC23CC(NC(=O)COc4ccc(Cl)c(Cl)c4)(C2)C3)ccc1Cl. The van der Waals surface area contributed by atoms with E-state index in [0.29, 0.717) is 26.4 Å². The predicted molar refractivity (Wildman–Crippen MR) is 113 cm³/mol. The normalized spacial score (nSPS) is 24.1. The number of hydrogen-bond acceptors (Lipinski definition) is 3. The van der Waals surface area contributed by atoms with Crippen molar-refractivity contribution < 1.29 is 14.3 Å². The summed E-state index contributed by atoms with van der Waals surface area (Å²) in [5, 5.41) is 7.55. The third-order valence-electron chi connectivity index (χ3n) is 5.49. The molecular formula is C21H19Cl3N2O3. The summed E-state index contributed by atoms with van der Waals surface area (Å²) < 4.78 is 5.47. The Hall–Kier alpha value is -1.95. The lowest BCUT2D eigenvalue weighted by Gasteiger charge is -2.70. The summed E-state index contributed by atoms with van der Waals surface area (Å²) in [6.45, 7) is 1.76. The number of amides is 2. The number of rotatable bonds is 6. The van der Waals surface area contributed by atoms with Crippen molar-refractivity contribution in [3.05, 3.63) is 62.6 Å². The molecule has 5 rings (SSSR count). The maximum atomic E-state index is 12.5. The second-order valence-corrected chi connectivity index (χ2v) is 9.14. The summed E-state index contributed by atoms with van der Waals surface area (Å²) in [5.74, 6) is 0.158. The fraction of sp³-hybridized carbons (Fsp3) is 0.333. The van der Waals surface area contributed by atoms with E-state index in [-0.39, 0.29) is 29.5 Å². The highest BCUT2D eigenvalue weighted by Crippen LogP contribution is 2.60. The van der Waals surface area contributed by atoms with Gasteiger partial charge in [0.2, 0.25) is 0 Å². The van der Waals surface area contributed by atoms with Crippen LogP contribution >= 0.6 is 34.8 Å². The molecule has 2 aromatic rings. The van der Waals surface area contributed by atoms with Crippen molar-refractivity contribution in [3.63, 3.8) is 0 Å². The van der Waals surface area contributed by atoms with E-state index in [9.17, 15) is 9.59 Å². The Labute approximate surface area is 183 Å². The first kappa shape index (κ1) is 20.3. The summed E-state index contributed by atoms with van der Waals surface area (Å²) in [7, 11) is 0. The molecule has 0 saturated heterocycles. The summed E-state index contributed by atoms with van der Waals surface area (Å²) in [4.78, 5) is 24.7. The second-order valence-electron chi connectivity index (χ2n) is 7.92. The number of aryl methyl sites for hydroxylation is 1. The van der Waals surface area contributed by atoms with Crippen LogP contribution in [0.1, 0.15) is 35.2 Å². The van der Waals surface area contributed by atoms with Gasteiger partial charge in [-0.05, 0) is 62.1 Å². The van der Waals surface area contributed by atoms with E-state index >= 15 is 0 Å². The third-order valence-corrected chi connectivity index (χ3v) is 6.66. The Morgan fingerprint density at radius 2 is 1.59 bits per heavy atom. The van der Waals surface area contributed by atoms with Gasteiger partial charge in [0.1, 0.15) is 5.75 Å². The summed E-state index contributed by atoms with van der Waals surface area (Å²) in [5.41, 5.74) is 0.969. The van der Waals surface area contributed by atoms with Gasteiger partial charge in [-0.25, -0.2) is 0 Å². The van der Waals surface area contributed by atoms with Gasteiger partial charge in [-0.1, -0.05) is 34.8 Å². The number of hydrogen-bond donors (Lipinski definition) is 2. The maximum absolute atomic E-state index is 12.5. The van der Waals surface area contributed by atoms with Crippen LogP contribution in [0.25, 0.3) is 0 Å². The molecule has 3 fully saturated rings. The molecule has 2 N–H and O–H groups in total. The van der Waals surface area contributed by atoms with Crippen molar-refractivity contribution >= 4 is 46.6 Å². The standard InChI is InChI=1S/C21H19Cl3N2O3/c1-12-6-13(2-4-15(12)22)19(28)26-21-9-20(10-21,11-21)25-18(27)8-29-14-3-5-16(23)17(24)7-14/h2-7H,8-11H2,1H3,(H,25,27)(H,26,28). The van der Waals surface area contributed by atoms with E-state index in [4.69, 9.17) is 39.5 Å². The lowest BCUT2D eigenvalue weighted by molar-refractivity contribution is -0.141. The zero-order valence-electron chi connectivity index (χ0n) is 15.7. The third kappa shape index (κ3) is 4.04. The minimum atomic E-state index is -0.249. The Morgan fingerprint density at radius 1 is 0.931 bits per heavy atom. The number of carbonyl (C=O) groups excluding carboxylic acids is 2. The van der Waals surface area contributed by atoms with Crippen molar-refractivity contribution in [2.45, 2.75) is 37.3 Å².